The van der Waals surface area contributed by atoms with Crippen LogP contribution in [0.5, 0.6) is 0 Å². The van der Waals surface area contributed by atoms with Gasteiger partial charge in [-0.2, -0.15) is 0 Å². The Kier molecular flexibility index (Phi) is 6.74. The molecule has 35 heavy (non-hydrogen) atoms. The molecule has 1 aliphatic heterocycles. The van der Waals surface area contributed by atoms with E-state index >= 15 is 0 Å². The molecule has 0 unspecified atom stereocenters. The largest absolute Gasteiger partial charge is 0.465 e. The van der Waals surface area contributed by atoms with Crippen LogP contribution >= 0.6 is 0 Å². The smallest absolute Gasteiger partial charge is 0.408 e. The highest BCUT2D eigenvalue weighted by Gasteiger charge is 2.40. The van der Waals surface area contributed by atoms with Crippen molar-refractivity contribution in [3.05, 3.63) is 94.2 Å². The molecule has 1 aromatic heterocycles. The van der Waals surface area contributed by atoms with Crippen molar-refractivity contribution in [2.24, 2.45) is 0 Å². The summed E-state index contributed by atoms with van der Waals surface area (Å²) < 4.78 is 21.2. The maximum absolute atomic E-state index is 14.9. The van der Waals surface area contributed by atoms with Crippen molar-refractivity contribution in [1.29, 1.82) is 0 Å². The Balaban J connectivity index is 1.57. The van der Waals surface area contributed by atoms with Gasteiger partial charge in [0.1, 0.15) is 11.9 Å². The Labute approximate surface area is 199 Å². The Hall–Kier alpha value is -4.31. The Morgan fingerprint density at radius 3 is 2.49 bits per heavy atom. The van der Waals surface area contributed by atoms with Gasteiger partial charge in [-0.3, -0.25) is 23.9 Å². The van der Waals surface area contributed by atoms with Crippen molar-refractivity contribution in [3.63, 3.8) is 0 Å². The van der Waals surface area contributed by atoms with Gasteiger partial charge >= 0.3 is 6.09 Å². The SMILES string of the molecule is CO[C@@H]1C[C@H](C(=O)Nc2ccc(-n3cccc(C(=O)c4ccccc4)c3=O)cc2F)N(C(=O)O)C1. The highest BCUT2D eigenvalue weighted by Crippen LogP contribution is 2.24. The third kappa shape index (κ3) is 4.82. The van der Waals surface area contributed by atoms with Crippen LogP contribution in [-0.2, 0) is 9.53 Å². The summed E-state index contributed by atoms with van der Waals surface area (Å²) in [6.45, 7) is 0.0340. The van der Waals surface area contributed by atoms with Crippen molar-refractivity contribution >= 4 is 23.5 Å². The number of benzene rings is 2. The summed E-state index contributed by atoms with van der Waals surface area (Å²) in [6, 6.07) is 14.0. The molecule has 3 aromatic rings. The molecule has 2 amide bonds. The lowest BCUT2D eigenvalue weighted by Crippen LogP contribution is -2.42. The number of halogens is 1. The van der Waals surface area contributed by atoms with Crippen LogP contribution in [0.2, 0.25) is 0 Å². The number of nitrogens with zero attached hydrogens (tertiary/aromatic N) is 2. The van der Waals surface area contributed by atoms with Crippen LogP contribution in [-0.4, -0.2) is 58.2 Å². The van der Waals surface area contributed by atoms with Gasteiger partial charge in [0, 0.05) is 31.4 Å². The minimum atomic E-state index is -1.27. The zero-order chi connectivity index (χ0) is 25.1. The number of aromatic nitrogens is 1. The average Bonchev–Trinajstić information content (AvgIpc) is 3.31. The van der Waals surface area contributed by atoms with Crippen molar-refractivity contribution in [3.8, 4) is 5.69 Å². The number of hydrogen-bond donors (Lipinski definition) is 2. The van der Waals surface area contributed by atoms with E-state index in [1.54, 1.807) is 30.3 Å². The molecule has 180 valence electrons. The van der Waals surface area contributed by atoms with Gasteiger partial charge in [0.05, 0.1) is 29.6 Å². The van der Waals surface area contributed by atoms with E-state index in [1.165, 1.54) is 37.6 Å². The van der Waals surface area contributed by atoms with Gasteiger partial charge in [0.15, 0.2) is 5.78 Å². The van der Waals surface area contributed by atoms with Crippen LogP contribution < -0.4 is 10.9 Å². The molecule has 1 aliphatic rings. The molecule has 2 heterocycles. The second-order valence-electron chi connectivity index (χ2n) is 7.99. The van der Waals surface area contributed by atoms with Crippen LogP contribution in [0.15, 0.2) is 71.7 Å². The summed E-state index contributed by atoms with van der Waals surface area (Å²) >= 11 is 0. The zero-order valence-electron chi connectivity index (χ0n) is 18.7. The predicted octanol–water partition coefficient (Wildman–Crippen LogP) is 2.91. The summed E-state index contributed by atoms with van der Waals surface area (Å²) in [5.41, 5.74) is -0.356. The second kappa shape index (κ2) is 9.90. The highest BCUT2D eigenvalue weighted by atomic mass is 19.1. The van der Waals surface area contributed by atoms with E-state index in [0.29, 0.717) is 5.56 Å². The number of ketones is 1. The fraction of sp³-hybridized carbons (Fsp3) is 0.200. The summed E-state index contributed by atoms with van der Waals surface area (Å²) in [7, 11) is 1.42. The van der Waals surface area contributed by atoms with Crippen molar-refractivity contribution < 1.29 is 28.6 Å². The maximum Gasteiger partial charge on any atom is 0.408 e. The summed E-state index contributed by atoms with van der Waals surface area (Å²) in [4.78, 5) is 50.8. The molecule has 0 radical (unpaired) electrons. The zero-order valence-corrected chi connectivity index (χ0v) is 18.7. The minimum Gasteiger partial charge on any atom is -0.465 e. The van der Waals surface area contributed by atoms with E-state index < -0.39 is 41.3 Å². The molecular formula is C25H22FN3O6. The fourth-order valence-corrected chi connectivity index (χ4v) is 4.01. The van der Waals surface area contributed by atoms with E-state index in [2.05, 4.69) is 5.32 Å². The van der Waals surface area contributed by atoms with Crippen LogP contribution in [0.1, 0.15) is 22.3 Å². The fourth-order valence-electron chi connectivity index (χ4n) is 4.01. The molecule has 0 spiro atoms. The third-order valence-corrected chi connectivity index (χ3v) is 5.86. The third-order valence-electron chi connectivity index (χ3n) is 5.86. The molecule has 0 saturated carbocycles. The van der Waals surface area contributed by atoms with E-state index in [1.807, 2.05) is 0 Å². The molecule has 9 nitrogen and oxygen atoms in total. The number of carbonyl (C=O) groups excluding carboxylic acids is 2. The lowest BCUT2D eigenvalue weighted by molar-refractivity contribution is -0.120. The van der Waals surface area contributed by atoms with Gasteiger partial charge in [-0.15, -0.1) is 0 Å². The first kappa shape index (κ1) is 23.8. The number of likely N-dealkylation sites (tertiary alicyclic amines) is 1. The number of carboxylic acid groups (broad SMARTS) is 1. The minimum absolute atomic E-state index is 0.0340. The number of hydrogen-bond acceptors (Lipinski definition) is 5. The number of anilines is 1. The maximum atomic E-state index is 14.9. The molecule has 10 heteroatoms. The quantitative estimate of drug-likeness (QED) is 0.525. The van der Waals surface area contributed by atoms with Crippen LogP contribution in [0.3, 0.4) is 0 Å². The van der Waals surface area contributed by atoms with Gasteiger partial charge in [-0.1, -0.05) is 30.3 Å². The van der Waals surface area contributed by atoms with Crippen molar-refractivity contribution in [2.45, 2.75) is 18.6 Å². The van der Waals surface area contributed by atoms with Gasteiger partial charge in [0.25, 0.3) is 5.56 Å². The number of amides is 2. The predicted molar refractivity (Wildman–Crippen MR) is 124 cm³/mol. The van der Waals surface area contributed by atoms with Gasteiger partial charge in [0.2, 0.25) is 5.91 Å². The molecule has 4 rings (SSSR count). The van der Waals surface area contributed by atoms with Gasteiger partial charge in [-0.25, -0.2) is 9.18 Å². The second-order valence-corrected chi connectivity index (χ2v) is 7.99. The lowest BCUT2D eigenvalue weighted by atomic mass is 10.0. The first-order chi connectivity index (χ1) is 16.8. The van der Waals surface area contributed by atoms with E-state index in [0.717, 1.165) is 15.5 Å². The van der Waals surface area contributed by atoms with Crippen LogP contribution in [0.4, 0.5) is 14.9 Å². The lowest BCUT2D eigenvalue weighted by Gasteiger charge is -2.20. The molecule has 0 bridgehead atoms. The number of carbonyl (C=O) groups is 3. The van der Waals surface area contributed by atoms with Crippen molar-refractivity contribution in [2.75, 3.05) is 19.0 Å². The van der Waals surface area contributed by atoms with Crippen LogP contribution in [0.25, 0.3) is 5.69 Å². The monoisotopic (exact) mass is 479 g/mol. The van der Waals surface area contributed by atoms with E-state index in [4.69, 9.17) is 4.74 Å². The molecule has 1 fully saturated rings. The first-order valence-corrected chi connectivity index (χ1v) is 10.7. The molecule has 0 aliphatic carbocycles. The number of pyridine rings is 1. The number of methoxy groups -OCH3 is 1. The van der Waals surface area contributed by atoms with E-state index in [9.17, 15) is 28.7 Å². The Bertz CT molecular complexity index is 1340. The van der Waals surface area contributed by atoms with Gasteiger partial charge in [-0.05, 0) is 24.3 Å². The average molecular weight is 479 g/mol. The normalized spacial score (nSPS) is 17.3. The van der Waals surface area contributed by atoms with E-state index in [-0.39, 0.29) is 29.9 Å². The molecule has 2 N–H and O–H groups in total. The molecule has 2 atom stereocenters. The Morgan fingerprint density at radius 2 is 1.83 bits per heavy atom. The van der Waals surface area contributed by atoms with Crippen molar-refractivity contribution in [1.82, 2.24) is 9.47 Å². The summed E-state index contributed by atoms with van der Waals surface area (Å²) in [5, 5.41) is 11.8. The molecule has 1 saturated heterocycles. The topological polar surface area (TPSA) is 118 Å². The summed E-state index contributed by atoms with van der Waals surface area (Å²) in [6.07, 6.45) is -0.159. The standard InChI is InChI=1S/C25H22FN3O6/c1-35-17-13-21(29(14-17)25(33)34)23(31)27-20-10-9-16(12-19(20)26)28-11-5-8-18(24(28)32)22(30)15-6-3-2-4-7-15/h2-12,17,21H,13-14H2,1H3,(H,27,31)(H,33,34)/t17-,21-/m1/s1. The summed E-state index contributed by atoms with van der Waals surface area (Å²) in [5.74, 6) is -1.97. The number of rotatable bonds is 6. The number of ether oxygens (including phenoxy) is 1. The Morgan fingerprint density at radius 1 is 1.09 bits per heavy atom. The first-order valence-electron chi connectivity index (χ1n) is 10.7. The highest BCUT2D eigenvalue weighted by molar-refractivity contribution is 6.08. The molecule has 2 aromatic carbocycles. The van der Waals surface area contributed by atoms with Gasteiger partial charge < -0.3 is 15.2 Å². The number of nitrogens with one attached hydrogen (secondary N) is 1. The molecular weight excluding hydrogens is 457 g/mol. The van der Waals surface area contributed by atoms with Crippen LogP contribution in [0, 0.1) is 5.82 Å².